The lowest BCUT2D eigenvalue weighted by molar-refractivity contribution is -0.136. The van der Waals surface area contributed by atoms with Crippen LogP contribution < -0.4 is 0 Å². The lowest BCUT2D eigenvalue weighted by atomic mass is 10.1. The molecule has 2 rings (SSSR count). The number of unbranched alkanes of at least 4 members (excludes halogenated alkanes) is 1. The van der Waals surface area contributed by atoms with E-state index in [1.165, 1.54) is 5.56 Å². The molecule has 0 aromatic heterocycles. The molecule has 2 aromatic carbocycles. The zero-order valence-corrected chi connectivity index (χ0v) is 14.1. The van der Waals surface area contributed by atoms with Crippen molar-refractivity contribution < 1.29 is 14.1 Å². The van der Waals surface area contributed by atoms with E-state index in [1.807, 2.05) is 55.5 Å². The minimum absolute atomic E-state index is 0.0652. The molecule has 0 saturated carbocycles. The monoisotopic (exact) mass is 330 g/mol. The van der Waals surface area contributed by atoms with E-state index in [9.17, 15) is 9.00 Å². The van der Waals surface area contributed by atoms with E-state index in [1.54, 1.807) is 0 Å². The lowest BCUT2D eigenvalue weighted by Gasteiger charge is -2.05. The average Bonchev–Trinajstić information content (AvgIpc) is 2.52. The maximum absolute atomic E-state index is 12.2. The van der Waals surface area contributed by atoms with Crippen molar-refractivity contribution in [1.82, 2.24) is 0 Å². The van der Waals surface area contributed by atoms with Crippen LogP contribution in [0.1, 0.15) is 29.5 Å². The summed E-state index contributed by atoms with van der Waals surface area (Å²) in [5.74, 6) is -0.128. The molecular weight excluding hydrogens is 308 g/mol. The predicted octanol–water partition coefficient (Wildman–Crippen LogP) is 3.75. The number of hydrogen-bond acceptors (Lipinski definition) is 2. The minimum atomic E-state index is -0.927. The van der Waals surface area contributed by atoms with Crippen LogP contribution in [0.25, 0.3) is 0 Å². The summed E-state index contributed by atoms with van der Waals surface area (Å²) < 4.78 is 12.2. The smallest absolute Gasteiger partial charge is 0.307 e. The van der Waals surface area contributed by atoms with Crippen LogP contribution in [0, 0.1) is 6.92 Å². The Morgan fingerprint density at radius 2 is 1.74 bits per heavy atom. The first kappa shape index (κ1) is 17.4. The largest absolute Gasteiger partial charge is 0.481 e. The highest BCUT2D eigenvalue weighted by Crippen LogP contribution is 2.12. The van der Waals surface area contributed by atoms with Gasteiger partial charge in [0, 0.05) is 10.6 Å². The molecule has 0 radical (unpaired) electrons. The van der Waals surface area contributed by atoms with Gasteiger partial charge in [-0.1, -0.05) is 36.4 Å². The number of carboxylic acid groups (broad SMARTS) is 1. The summed E-state index contributed by atoms with van der Waals surface area (Å²) in [4.78, 5) is 11.5. The van der Waals surface area contributed by atoms with Crippen LogP contribution in [0.3, 0.4) is 0 Å². The summed E-state index contributed by atoms with van der Waals surface area (Å²) in [7, 11) is -0.927. The molecule has 1 atom stereocenters. The van der Waals surface area contributed by atoms with Crippen LogP contribution in [0.15, 0.2) is 53.4 Å². The highest BCUT2D eigenvalue weighted by Gasteiger charge is 2.04. The molecule has 0 heterocycles. The van der Waals surface area contributed by atoms with E-state index in [0.29, 0.717) is 5.75 Å². The SMILES string of the molecule is Cc1cccc(S(=O)CCCCc2ccc(CC(=O)O)cc2)c1. The molecule has 0 fully saturated rings. The molecule has 1 unspecified atom stereocenters. The molecule has 1 N–H and O–H groups in total. The Hall–Kier alpha value is -1.94. The van der Waals surface area contributed by atoms with Gasteiger partial charge < -0.3 is 5.11 Å². The normalized spacial score (nSPS) is 12.0. The lowest BCUT2D eigenvalue weighted by Crippen LogP contribution is -2.00. The Bertz CT molecular complexity index is 677. The fourth-order valence-electron chi connectivity index (χ4n) is 2.44. The molecule has 0 aliphatic rings. The van der Waals surface area contributed by atoms with Crippen molar-refractivity contribution in [3.63, 3.8) is 0 Å². The number of carbonyl (C=O) groups is 1. The van der Waals surface area contributed by atoms with Gasteiger partial charge in [-0.05, 0) is 55.0 Å². The Morgan fingerprint density at radius 1 is 1.04 bits per heavy atom. The second-order valence-electron chi connectivity index (χ2n) is 5.71. The molecule has 0 aliphatic heterocycles. The van der Waals surface area contributed by atoms with Gasteiger partial charge in [-0.15, -0.1) is 0 Å². The zero-order valence-electron chi connectivity index (χ0n) is 13.3. The predicted molar refractivity (Wildman–Crippen MR) is 93.2 cm³/mol. The quantitative estimate of drug-likeness (QED) is 0.750. The molecule has 0 spiro atoms. The molecule has 122 valence electrons. The first-order valence-corrected chi connectivity index (χ1v) is 9.11. The molecule has 0 bridgehead atoms. The van der Waals surface area contributed by atoms with Crippen LogP contribution in [0.4, 0.5) is 0 Å². The number of aryl methyl sites for hydroxylation is 2. The first-order valence-electron chi connectivity index (χ1n) is 7.79. The van der Waals surface area contributed by atoms with Gasteiger partial charge in [0.25, 0.3) is 0 Å². The Kier molecular flexibility index (Phi) is 6.53. The second-order valence-corrected chi connectivity index (χ2v) is 7.28. The minimum Gasteiger partial charge on any atom is -0.481 e. The van der Waals surface area contributed by atoms with Gasteiger partial charge in [-0.25, -0.2) is 0 Å². The van der Waals surface area contributed by atoms with Crippen molar-refractivity contribution in [2.75, 3.05) is 5.75 Å². The highest BCUT2D eigenvalue weighted by molar-refractivity contribution is 7.85. The molecule has 2 aromatic rings. The van der Waals surface area contributed by atoms with E-state index in [0.717, 1.165) is 35.3 Å². The number of rotatable bonds is 8. The fraction of sp³-hybridized carbons (Fsp3) is 0.316. The Balaban J connectivity index is 1.74. The summed E-state index contributed by atoms with van der Waals surface area (Å²) in [6.07, 6.45) is 2.89. The van der Waals surface area contributed by atoms with Crippen molar-refractivity contribution in [3.05, 3.63) is 65.2 Å². The average molecular weight is 330 g/mol. The van der Waals surface area contributed by atoms with Crippen molar-refractivity contribution in [1.29, 1.82) is 0 Å². The number of hydrogen-bond donors (Lipinski definition) is 1. The van der Waals surface area contributed by atoms with Gasteiger partial charge in [0.1, 0.15) is 0 Å². The van der Waals surface area contributed by atoms with Crippen LogP contribution in [-0.4, -0.2) is 21.0 Å². The van der Waals surface area contributed by atoms with E-state index < -0.39 is 16.8 Å². The summed E-state index contributed by atoms with van der Waals surface area (Å²) in [6, 6.07) is 15.6. The third kappa shape index (κ3) is 5.99. The molecule has 23 heavy (non-hydrogen) atoms. The van der Waals surface area contributed by atoms with Crippen molar-refractivity contribution in [2.45, 2.75) is 37.5 Å². The van der Waals surface area contributed by atoms with Crippen molar-refractivity contribution >= 4 is 16.8 Å². The summed E-state index contributed by atoms with van der Waals surface area (Å²) in [5.41, 5.74) is 3.15. The first-order chi connectivity index (χ1) is 11.0. The molecule has 0 aliphatic carbocycles. The molecule has 0 amide bonds. The van der Waals surface area contributed by atoms with Gasteiger partial charge in [0.15, 0.2) is 0 Å². The second kappa shape index (κ2) is 8.63. The Labute approximate surface area is 139 Å². The van der Waals surface area contributed by atoms with E-state index in [-0.39, 0.29) is 6.42 Å². The highest BCUT2D eigenvalue weighted by atomic mass is 32.2. The third-order valence-corrected chi connectivity index (χ3v) is 5.12. The fourth-order valence-corrected chi connectivity index (χ4v) is 3.69. The van der Waals surface area contributed by atoms with Crippen molar-refractivity contribution in [3.8, 4) is 0 Å². The topological polar surface area (TPSA) is 54.4 Å². The van der Waals surface area contributed by atoms with Crippen LogP contribution in [0.2, 0.25) is 0 Å². The van der Waals surface area contributed by atoms with Gasteiger partial charge in [-0.3, -0.25) is 9.00 Å². The van der Waals surface area contributed by atoms with Crippen molar-refractivity contribution in [2.24, 2.45) is 0 Å². The van der Waals surface area contributed by atoms with Gasteiger partial charge >= 0.3 is 5.97 Å². The zero-order chi connectivity index (χ0) is 16.7. The Morgan fingerprint density at radius 3 is 2.39 bits per heavy atom. The number of aliphatic carboxylic acids is 1. The van der Waals surface area contributed by atoms with Gasteiger partial charge in [0.05, 0.1) is 17.2 Å². The van der Waals surface area contributed by atoms with Gasteiger partial charge in [-0.2, -0.15) is 0 Å². The summed E-state index contributed by atoms with van der Waals surface area (Å²) >= 11 is 0. The van der Waals surface area contributed by atoms with Crippen LogP contribution >= 0.6 is 0 Å². The molecule has 0 saturated heterocycles. The molecular formula is C19H22O3S. The van der Waals surface area contributed by atoms with Crippen LogP contribution in [0.5, 0.6) is 0 Å². The van der Waals surface area contributed by atoms with E-state index >= 15 is 0 Å². The molecule has 4 heteroatoms. The van der Waals surface area contributed by atoms with Crippen LogP contribution in [-0.2, 0) is 28.4 Å². The maximum atomic E-state index is 12.2. The standard InChI is InChI=1S/C19H22O3S/c1-15-5-4-7-18(13-15)23(22)12-3-2-6-16-8-10-17(11-9-16)14-19(20)21/h4-5,7-11,13H,2-3,6,12,14H2,1H3,(H,20,21). The summed E-state index contributed by atoms with van der Waals surface area (Å²) in [6.45, 7) is 2.01. The van der Waals surface area contributed by atoms with E-state index in [2.05, 4.69) is 0 Å². The number of benzene rings is 2. The molecule has 3 nitrogen and oxygen atoms in total. The number of carboxylic acids is 1. The summed E-state index contributed by atoms with van der Waals surface area (Å²) in [5, 5.41) is 8.74. The maximum Gasteiger partial charge on any atom is 0.307 e. The third-order valence-electron chi connectivity index (χ3n) is 3.68. The van der Waals surface area contributed by atoms with E-state index in [4.69, 9.17) is 5.11 Å². The van der Waals surface area contributed by atoms with Gasteiger partial charge in [0.2, 0.25) is 0 Å².